The van der Waals surface area contributed by atoms with Crippen LogP contribution in [0.1, 0.15) is 6.42 Å². The Kier molecular flexibility index (Phi) is 4.29. The maximum absolute atomic E-state index is 5.39. The van der Waals surface area contributed by atoms with Gasteiger partial charge in [-0.25, -0.2) is 0 Å². The highest BCUT2D eigenvalue weighted by Crippen LogP contribution is 2.28. The van der Waals surface area contributed by atoms with Crippen LogP contribution in [0.3, 0.4) is 0 Å². The van der Waals surface area contributed by atoms with E-state index < -0.39 is 0 Å². The molecule has 1 unspecified atom stereocenters. The van der Waals surface area contributed by atoms with E-state index in [-0.39, 0.29) is 0 Å². The van der Waals surface area contributed by atoms with Gasteiger partial charge in [0.25, 0.3) is 0 Å². The number of ether oxygens (including phenoxy) is 1. The fraction of sp³-hybridized carbons (Fsp3) is 0.538. The monoisotopic (exact) mass is 298 g/mol. The number of hydrogen-bond donors (Lipinski definition) is 1. The molecular formula is C13H19BrN2O. The lowest BCUT2D eigenvalue weighted by Crippen LogP contribution is -2.17. The summed E-state index contributed by atoms with van der Waals surface area (Å²) in [5.74, 6) is 0.643. The van der Waals surface area contributed by atoms with Gasteiger partial charge in [0, 0.05) is 37.6 Å². The van der Waals surface area contributed by atoms with Crippen molar-refractivity contribution >= 4 is 27.3 Å². The van der Waals surface area contributed by atoms with Crippen LogP contribution in [0, 0.1) is 5.92 Å². The van der Waals surface area contributed by atoms with Crippen molar-refractivity contribution in [2.24, 2.45) is 5.92 Å². The molecule has 2 rings (SSSR count). The van der Waals surface area contributed by atoms with E-state index in [0.717, 1.165) is 30.7 Å². The van der Waals surface area contributed by atoms with Crippen molar-refractivity contribution in [1.29, 1.82) is 0 Å². The van der Waals surface area contributed by atoms with E-state index in [2.05, 4.69) is 58.4 Å². The third-order valence-corrected chi connectivity index (χ3v) is 3.54. The standard InChI is InChI=1S/C13H19BrN2O/c1-16(2)13-4-3-11(14)7-12(13)15-8-10-5-6-17-9-10/h3-4,7,10,15H,5-6,8-9H2,1-2H3. The first-order valence-corrected chi connectivity index (χ1v) is 6.74. The minimum absolute atomic E-state index is 0.643. The number of nitrogens with zero attached hydrogens (tertiary/aromatic N) is 1. The molecule has 1 aromatic carbocycles. The first-order valence-electron chi connectivity index (χ1n) is 5.95. The number of hydrogen-bond acceptors (Lipinski definition) is 3. The molecule has 0 aliphatic carbocycles. The Morgan fingerprint density at radius 3 is 2.94 bits per heavy atom. The zero-order valence-corrected chi connectivity index (χ0v) is 12.0. The van der Waals surface area contributed by atoms with Crippen LogP contribution >= 0.6 is 15.9 Å². The SMILES string of the molecule is CN(C)c1ccc(Br)cc1NCC1CCOC1. The Morgan fingerprint density at radius 1 is 1.47 bits per heavy atom. The van der Waals surface area contributed by atoms with E-state index in [0.29, 0.717) is 5.92 Å². The van der Waals surface area contributed by atoms with Gasteiger partial charge in [-0.15, -0.1) is 0 Å². The molecule has 1 aliphatic rings. The van der Waals surface area contributed by atoms with E-state index in [1.807, 2.05) is 0 Å². The lowest BCUT2D eigenvalue weighted by molar-refractivity contribution is 0.187. The summed E-state index contributed by atoms with van der Waals surface area (Å²) in [6.45, 7) is 2.78. The quantitative estimate of drug-likeness (QED) is 0.925. The minimum atomic E-state index is 0.643. The predicted molar refractivity (Wildman–Crippen MR) is 75.9 cm³/mol. The molecule has 3 nitrogen and oxygen atoms in total. The number of nitrogens with one attached hydrogen (secondary N) is 1. The van der Waals surface area contributed by atoms with Crippen LogP contribution in [-0.4, -0.2) is 33.9 Å². The molecule has 1 aromatic rings. The van der Waals surface area contributed by atoms with Crippen LogP contribution in [0.15, 0.2) is 22.7 Å². The topological polar surface area (TPSA) is 24.5 Å². The van der Waals surface area contributed by atoms with E-state index in [4.69, 9.17) is 4.74 Å². The molecule has 0 amide bonds. The Labute approximate surface area is 111 Å². The third-order valence-electron chi connectivity index (χ3n) is 3.05. The van der Waals surface area contributed by atoms with Crippen LogP contribution in [0.2, 0.25) is 0 Å². The smallest absolute Gasteiger partial charge is 0.0597 e. The summed E-state index contributed by atoms with van der Waals surface area (Å²) >= 11 is 3.52. The largest absolute Gasteiger partial charge is 0.383 e. The molecule has 0 spiro atoms. The average Bonchev–Trinajstić information content (AvgIpc) is 2.78. The van der Waals surface area contributed by atoms with Crippen LogP contribution in [0.5, 0.6) is 0 Å². The fourth-order valence-electron chi connectivity index (χ4n) is 2.04. The molecule has 1 heterocycles. The Hall–Kier alpha value is -0.740. The predicted octanol–water partition coefficient (Wildman–Crippen LogP) is 2.96. The summed E-state index contributed by atoms with van der Waals surface area (Å²) in [5.41, 5.74) is 2.39. The number of anilines is 2. The van der Waals surface area contributed by atoms with Gasteiger partial charge >= 0.3 is 0 Å². The zero-order valence-electron chi connectivity index (χ0n) is 10.4. The van der Waals surface area contributed by atoms with Crippen molar-refractivity contribution in [2.75, 3.05) is 44.1 Å². The van der Waals surface area contributed by atoms with Gasteiger partial charge in [-0.2, -0.15) is 0 Å². The third kappa shape index (κ3) is 3.36. The van der Waals surface area contributed by atoms with Crippen molar-refractivity contribution in [3.05, 3.63) is 22.7 Å². The summed E-state index contributed by atoms with van der Waals surface area (Å²) in [6, 6.07) is 6.32. The van der Waals surface area contributed by atoms with Crippen LogP contribution in [0.25, 0.3) is 0 Å². The highest BCUT2D eigenvalue weighted by Gasteiger charge is 2.16. The molecule has 0 saturated carbocycles. The molecule has 1 aliphatic heterocycles. The molecule has 0 bridgehead atoms. The van der Waals surface area contributed by atoms with E-state index in [9.17, 15) is 0 Å². The fourth-order valence-corrected chi connectivity index (χ4v) is 2.40. The molecule has 4 heteroatoms. The van der Waals surface area contributed by atoms with Crippen LogP contribution in [-0.2, 0) is 4.74 Å². The molecule has 1 fully saturated rings. The van der Waals surface area contributed by atoms with Gasteiger partial charge in [0.1, 0.15) is 0 Å². The van der Waals surface area contributed by atoms with Gasteiger partial charge in [-0.3, -0.25) is 0 Å². The molecule has 1 saturated heterocycles. The Morgan fingerprint density at radius 2 is 2.29 bits per heavy atom. The Bertz CT molecular complexity index is 376. The molecule has 0 aromatic heterocycles. The lowest BCUT2D eigenvalue weighted by atomic mass is 10.1. The number of halogens is 1. The molecule has 0 radical (unpaired) electrons. The zero-order chi connectivity index (χ0) is 12.3. The molecular weight excluding hydrogens is 280 g/mol. The second kappa shape index (κ2) is 5.74. The summed E-state index contributed by atoms with van der Waals surface area (Å²) in [7, 11) is 4.13. The van der Waals surface area contributed by atoms with Gasteiger partial charge in [0.2, 0.25) is 0 Å². The van der Waals surface area contributed by atoms with Gasteiger partial charge in [-0.05, 0) is 24.6 Å². The normalized spacial score (nSPS) is 19.4. The van der Waals surface area contributed by atoms with E-state index >= 15 is 0 Å². The summed E-state index contributed by atoms with van der Waals surface area (Å²) < 4.78 is 6.49. The lowest BCUT2D eigenvalue weighted by Gasteiger charge is -2.20. The number of rotatable bonds is 4. The van der Waals surface area contributed by atoms with Crippen molar-refractivity contribution in [2.45, 2.75) is 6.42 Å². The summed E-state index contributed by atoms with van der Waals surface area (Å²) in [6.07, 6.45) is 1.16. The van der Waals surface area contributed by atoms with Gasteiger partial charge < -0.3 is 15.0 Å². The summed E-state index contributed by atoms with van der Waals surface area (Å²) in [5, 5.41) is 3.53. The minimum Gasteiger partial charge on any atom is -0.383 e. The average molecular weight is 299 g/mol. The highest BCUT2D eigenvalue weighted by molar-refractivity contribution is 9.10. The van der Waals surface area contributed by atoms with Crippen molar-refractivity contribution in [1.82, 2.24) is 0 Å². The van der Waals surface area contributed by atoms with Gasteiger partial charge in [0.05, 0.1) is 18.0 Å². The van der Waals surface area contributed by atoms with Crippen LogP contribution in [0.4, 0.5) is 11.4 Å². The molecule has 1 atom stereocenters. The molecule has 1 N–H and O–H groups in total. The first-order chi connectivity index (χ1) is 8.16. The molecule has 17 heavy (non-hydrogen) atoms. The second-order valence-corrected chi connectivity index (χ2v) is 5.58. The highest BCUT2D eigenvalue weighted by atomic mass is 79.9. The van der Waals surface area contributed by atoms with Crippen molar-refractivity contribution in [3.8, 4) is 0 Å². The van der Waals surface area contributed by atoms with Gasteiger partial charge in [-0.1, -0.05) is 15.9 Å². The second-order valence-electron chi connectivity index (χ2n) is 4.67. The maximum atomic E-state index is 5.39. The van der Waals surface area contributed by atoms with E-state index in [1.165, 1.54) is 11.4 Å². The first kappa shape index (κ1) is 12.7. The Balaban J connectivity index is 2.04. The molecule has 94 valence electrons. The van der Waals surface area contributed by atoms with E-state index in [1.54, 1.807) is 0 Å². The van der Waals surface area contributed by atoms with Crippen molar-refractivity contribution < 1.29 is 4.74 Å². The maximum Gasteiger partial charge on any atom is 0.0597 e. The van der Waals surface area contributed by atoms with Crippen molar-refractivity contribution in [3.63, 3.8) is 0 Å². The van der Waals surface area contributed by atoms with Gasteiger partial charge in [0.15, 0.2) is 0 Å². The number of benzene rings is 1. The van der Waals surface area contributed by atoms with Crippen LogP contribution < -0.4 is 10.2 Å². The summed E-state index contributed by atoms with van der Waals surface area (Å²) in [4.78, 5) is 2.12.